The first-order valence-corrected chi connectivity index (χ1v) is 11.5. The fourth-order valence-corrected chi connectivity index (χ4v) is 2.84. The Hall–Kier alpha value is 1.03. The van der Waals surface area contributed by atoms with Crippen LogP contribution in [0.2, 0.25) is 0 Å². The molecule has 0 amide bonds. The number of hydrogen-bond acceptors (Lipinski definition) is 4. The first kappa shape index (κ1) is 29.2. The van der Waals surface area contributed by atoms with E-state index in [9.17, 15) is 4.57 Å². The van der Waals surface area contributed by atoms with Gasteiger partial charge in [0.25, 0.3) is 0 Å². The van der Waals surface area contributed by atoms with Crippen LogP contribution in [0.1, 0.15) is 104 Å². The molecule has 0 aliphatic carbocycles. The zero-order valence-corrected chi connectivity index (χ0v) is 17.1. The Bertz CT molecular complexity index is 327. The van der Waals surface area contributed by atoms with Gasteiger partial charge in [0.2, 0.25) is 0 Å². The summed E-state index contributed by atoms with van der Waals surface area (Å²) < 4.78 is 20.5. The van der Waals surface area contributed by atoms with Crippen LogP contribution in [-0.4, -0.2) is 52.2 Å². The van der Waals surface area contributed by atoms with Gasteiger partial charge in [0.15, 0.2) is 6.29 Å². The molecule has 0 aliphatic heterocycles. The number of unbranched alkanes of at least 4 members (excludes halogenated alkanes) is 11. The number of ether oxygens (including phenoxy) is 1. The summed E-state index contributed by atoms with van der Waals surface area (Å²) in [5, 5.41) is 0. The van der Waals surface area contributed by atoms with Crippen molar-refractivity contribution in [3.05, 3.63) is 0 Å². The molecule has 0 spiro atoms. The molecule has 0 aromatic heterocycles. The van der Waals surface area contributed by atoms with Crippen molar-refractivity contribution in [1.29, 1.82) is 0 Å². The van der Waals surface area contributed by atoms with Crippen LogP contribution in [0.5, 0.6) is 0 Å². The number of hydrogen-bond donors (Lipinski definition) is 2. The maximum absolute atomic E-state index is 10.8. The molecule has 8 heteroatoms. The van der Waals surface area contributed by atoms with E-state index >= 15 is 0 Å². The standard InChI is InChI=1S/C18H39O6P.Na.H/c1-3-5-7-9-10-11-12-13-14-16-18(23-24-25(19,20)21)22-17-15-8-6-4-2;;/h18H,3-17H2,1-2H3,(H2,19,20,21);;. The average molecular weight is 406 g/mol. The average Bonchev–Trinajstić information content (AvgIpc) is 2.56. The van der Waals surface area contributed by atoms with Crippen molar-refractivity contribution < 1.29 is 28.7 Å². The van der Waals surface area contributed by atoms with E-state index in [1.165, 1.54) is 44.9 Å². The molecular formula is C18H40NaO6P. The molecule has 1 atom stereocenters. The molecule has 0 radical (unpaired) electrons. The fourth-order valence-electron chi connectivity index (χ4n) is 2.63. The summed E-state index contributed by atoms with van der Waals surface area (Å²) >= 11 is 0. The predicted octanol–water partition coefficient (Wildman–Crippen LogP) is 5.22. The van der Waals surface area contributed by atoms with E-state index < -0.39 is 14.1 Å². The molecule has 0 heterocycles. The van der Waals surface area contributed by atoms with Crippen LogP contribution in [0.15, 0.2) is 0 Å². The van der Waals surface area contributed by atoms with Crippen molar-refractivity contribution in [1.82, 2.24) is 0 Å². The van der Waals surface area contributed by atoms with Gasteiger partial charge in [-0.1, -0.05) is 84.5 Å². The molecule has 1 unspecified atom stereocenters. The van der Waals surface area contributed by atoms with Gasteiger partial charge in [0.05, 0.1) is 0 Å². The van der Waals surface area contributed by atoms with E-state index in [0.29, 0.717) is 13.0 Å². The molecule has 0 bridgehead atoms. The van der Waals surface area contributed by atoms with Crippen LogP contribution < -0.4 is 0 Å². The van der Waals surface area contributed by atoms with Gasteiger partial charge in [0.1, 0.15) is 0 Å². The van der Waals surface area contributed by atoms with Crippen LogP contribution in [0.3, 0.4) is 0 Å². The molecule has 6 nitrogen and oxygen atoms in total. The van der Waals surface area contributed by atoms with Crippen molar-refractivity contribution in [3.63, 3.8) is 0 Å². The Morgan fingerprint density at radius 2 is 1.23 bits per heavy atom. The molecule has 0 aromatic carbocycles. The minimum absolute atomic E-state index is 0. The molecule has 154 valence electrons. The maximum atomic E-state index is 10.8. The van der Waals surface area contributed by atoms with Gasteiger partial charge in [-0.05, 0) is 12.8 Å². The Labute approximate surface area is 182 Å². The fraction of sp³-hybridized carbons (Fsp3) is 1.00. The zero-order valence-electron chi connectivity index (χ0n) is 16.2. The van der Waals surface area contributed by atoms with Gasteiger partial charge >= 0.3 is 37.4 Å². The van der Waals surface area contributed by atoms with E-state index in [1.807, 2.05) is 0 Å². The summed E-state index contributed by atoms with van der Waals surface area (Å²) in [6.07, 6.45) is 15.1. The first-order chi connectivity index (χ1) is 12.0. The topological polar surface area (TPSA) is 85.2 Å². The summed E-state index contributed by atoms with van der Waals surface area (Å²) in [6.45, 7) is 4.89. The predicted molar refractivity (Wildman–Crippen MR) is 107 cm³/mol. The molecule has 0 aliphatic rings. The second-order valence-corrected chi connectivity index (χ2v) is 7.77. The van der Waals surface area contributed by atoms with Crippen molar-refractivity contribution in [3.8, 4) is 0 Å². The summed E-state index contributed by atoms with van der Waals surface area (Å²) in [5.74, 6) is 0. The van der Waals surface area contributed by atoms with Gasteiger partial charge in [-0.3, -0.25) is 0 Å². The SMILES string of the molecule is CCCCCCCCCCCC(OCCCCCC)OOP(=O)(O)O.[NaH]. The van der Waals surface area contributed by atoms with Gasteiger partial charge in [-0.2, -0.15) is 4.89 Å². The molecule has 0 saturated heterocycles. The Morgan fingerprint density at radius 1 is 0.769 bits per heavy atom. The first-order valence-electron chi connectivity index (χ1n) is 10.0. The zero-order chi connectivity index (χ0) is 18.8. The third kappa shape index (κ3) is 23.1. The van der Waals surface area contributed by atoms with Crippen LogP contribution in [0.25, 0.3) is 0 Å². The monoisotopic (exact) mass is 406 g/mol. The second kappa shape index (κ2) is 20.8. The Morgan fingerprint density at radius 3 is 1.73 bits per heavy atom. The quantitative estimate of drug-likeness (QED) is 0.0764. The van der Waals surface area contributed by atoms with E-state index in [4.69, 9.17) is 19.4 Å². The third-order valence-corrected chi connectivity index (χ3v) is 4.37. The molecule has 0 fully saturated rings. The molecule has 0 aromatic rings. The summed E-state index contributed by atoms with van der Waals surface area (Å²) in [7, 11) is -4.63. The third-order valence-electron chi connectivity index (χ3n) is 4.09. The van der Waals surface area contributed by atoms with Crippen molar-refractivity contribution in [2.75, 3.05) is 6.61 Å². The normalized spacial score (nSPS) is 12.8. The summed E-state index contributed by atoms with van der Waals surface area (Å²) in [5.41, 5.74) is 0. The van der Waals surface area contributed by atoms with Crippen molar-refractivity contribution >= 4 is 37.4 Å². The van der Waals surface area contributed by atoms with Crippen LogP contribution in [0, 0.1) is 0 Å². The molecule has 0 rings (SSSR count). The van der Waals surface area contributed by atoms with E-state index in [2.05, 4.69) is 18.5 Å². The minimum atomic E-state index is -4.63. The van der Waals surface area contributed by atoms with Crippen LogP contribution in [0.4, 0.5) is 0 Å². The van der Waals surface area contributed by atoms with Crippen molar-refractivity contribution in [2.24, 2.45) is 0 Å². The van der Waals surface area contributed by atoms with Crippen LogP contribution in [-0.2, 0) is 18.9 Å². The van der Waals surface area contributed by atoms with Gasteiger partial charge in [0, 0.05) is 13.0 Å². The van der Waals surface area contributed by atoms with Crippen molar-refractivity contribution in [2.45, 2.75) is 110 Å². The Kier molecular flexibility index (Phi) is 23.3. The van der Waals surface area contributed by atoms with E-state index in [1.54, 1.807) is 0 Å². The van der Waals surface area contributed by atoms with Gasteiger partial charge in [-0.25, -0.2) is 4.57 Å². The molecule has 26 heavy (non-hydrogen) atoms. The number of phosphoric acid groups is 1. The molecule has 2 N–H and O–H groups in total. The second-order valence-electron chi connectivity index (χ2n) is 6.64. The van der Waals surface area contributed by atoms with Gasteiger partial charge < -0.3 is 14.5 Å². The van der Waals surface area contributed by atoms with E-state index in [0.717, 1.165) is 38.5 Å². The summed E-state index contributed by atoms with van der Waals surface area (Å²) in [4.78, 5) is 22.3. The van der Waals surface area contributed by atoms with Crippen LogP contribution >= 0.6 is 7.82 Å². The van der Waals surface area contributed by atoms with E-state index in [-0.39, 0.29) is 29.6 Å². The molecular weight excluding hydrogens is 366 g/mol. The number of rotatable bonds is 19. The van der Waals surface area contributed by atoms with Gasteiger partial charge in [-0.15, -0.1) is 4.67 Å². The molecule has 0 saturated carbocycles. The Balaban J connectivity index is 0. The summed E-state index contributed by atoms with van der Waals surface area (Å²) in [6, 6.07) is 0.